The van der Waals surface area contributed by atoms with Crippen LogP contribution < -0.4 is 16.0 Å². The van der Waals surface area contributed by atoms with Crippen molar-refractivity contribution >= 4 is 34.5 Å². The highest BCUT2D eigenvalue weighted by atomic mass is 16.4. The highest BCUT2D eigenvalue weighted by Crippen LogP contribution is 2.24. The maximum Gasteiger partial charge on any atom is 0.328 e. The summed E-state index contributed by atoms with van der Waals surface area (Å²) in [4.78, 5) is 49.9. The first-order valence-electron chi connectivity index (χ1n) is 12.5. The van der Waals surface area contributed by atoms with Gasteiger partial charge in [-0.15, -0.1) is 0 Å². The smallest absolute Gasteiger partial charge is 0.328 e. The number of aryl methyl sites for hydroxylation is 1. The number of rotatable bonds is 9. The predicted molar refractivity (Wildman–Crippen MR) is 149 cm³/mol. The monoisotopic (exact) mass is 523 g/mol. The maximum absolute atomic E-state index is 13.0. The molecule has 198 valence electrons. The van der Waals surface area contributed by atoms with Crippen LogP contribution in [-0.2, 0) is 4.79 Å². The Hall–Kier alpha value is -4.98. The van der Waals surface area contributed by atoms with E-state index in [-0.39, 0.29) is 24.1 Å². The molecule has 0 fully saturated rings. The number of amides is 3. The van der Waals surface area contributed by atoms with Gasteiger partial charge in [0, 0.05) is 23.2 Å². The van der Waals surface area contributed by atoms with Gasteiger partial charge in [0.2, 0.25) is 0 Å². The average molecular weight is 524 g/mol. The Morgan fingerprint density at radius 2 is 1.44 bits per heavy atom. The van der Waals surface area contributed by atoms with Crippen molar-refractivity contribution in [3.05, 3.63) is 119 Å². The fourth-order valence-electron chi connectivity index (χ4n) is 4.37. The summed E-state index contributed by atoms with van der Waals surface area (Å²) in [6, 6.07) is 25.3. The molecule has 0 aromatic heterocycles. The number of carbonyl (C=O) groups is 4. The van der Waals surface area contributed by atoms with Crippen molar-refractivity contribution in [2.75, 3.05) is 6.54 Å². The summed E-state index contributed by atoms with van der Waals surface area (Å²) in [5.74, 6) is -2.64. The Kier molecular flexibility index (Phi) is 8.36. The molecule has 3 amide bonds. The topological polar surface area (TPSA) is 125 Å². The van der Waals surface area contributed by atoms with Gasteiger partial charge in [0.15, 0.2) is 0 Å². The van der Waals surface area contributed by atoms with Crippen molar-refractivity contribution < 1.29 is 24.3 Å². The third-order valence-corrected chi connectivity index (χ3v) is 6.48. The van der Waals surface area contributed by atoms with Gasteiger partial charge >= 0.3 is 5.97 Å². The lowest BCUT2D eigenvalue weighted by atomic mass is 9.99. The molecule has 2 unspecified atom stereocenters. The lowest BCUT2D eigenvalue weighted by Gasteiger charge is -2.18. The van der Waals surface area contributed by atoms with Gasteiger partial charge in [0.25, 0.3) is 17.7 Å². The fourth-order valence-corrected chi connectivity index (χ4v) is 4.37. The lowest BCUT2D eigenvalue weighted by Crippen LogP contribution is -2.48. The van der Waals surface area contributed by atoms with E-state index in [9.17, 15) is 24.3 Å². The summed E-state index contributed by atoms with van der Waals surface area (Å²) in [7, 11) is 0. The van der Waals surface area contributed by atoms with Crippen LogP contribution in [0.1, 0.15) is 55.2 Å². The van der Waals surface area contributed by atoms with E-state index in [1.165, 1.54) is 12.1 Å². The molecule has 0 radical (unpaired) electrons. The van der Waals surface area contributed by atoms with Crippen molar-refractivity contribution in [3.63, 3.8) is 0 Å². The van der Waals surface area contributed by atoms with E-state index in [2.05, 4.69) is 16.0 Å². The molecular weight excluding hydrogens is 494 g/mol. The third-order valence-electron chi connectivity index (χ3n) is 6.48. The van der Waals surface area contributed by atoms with Gasteiger partial charge in [0.05, 0.1) is 6.04 Å². The minimum absolute atomic E-state index is 0.231. The minimum atomic E-state index is -1.34. The normalized spacial score (nSPS) is 12.3. The van der Waals surface area contributed by atoms with Crippen LogP contribution in [-0.4, -0.2) is 41.4 Å². The van der Waals surface area contributed by atoms with Crippen molar-refractivity contribution in [1.29, 1.82) is 0 Å². The Labute approximate surface area is 226 Å². The molecule has 4 aromatic carbocycles. The van der Waals surface area contributed by atoms with E-state index in [1.807, 2.05) is 49.4 Å². The van der Waals surface area contributed by atoms with E-state index in [0.29, 0.717) is 16.7 Å². The second-order valence-electron chi connectivity index (χ2n) is 9.23. The summed E-state index contributed by atoms with van der Waals surface area (Å²) in [5, 5.41) is 19.7. The van der Waals surface area contributed by atoms with Gasteiger partial charge in [-0.1, -0.05) is 60.7 Å². The minimum Gasteiger partial charge on any atom is -0.480 e. The second-order valence-corrected chi connectivity index (χ2v) is 9.23. The van der Waals surface area contributed by atoms with E-state index in [1.54, 1.807) is 43.3 Å². The molecule has 0 aliphatic carbocycles. The van der Waals surface area contributed by atoms with Crippen molar-refractivity contribution in [3.8, 4) is 0 Å². The van der Waals surface area contributed by atoms with Gasteiger partial charge in [0.1, 0.15) is 6.04 Å². The molecule has 8 nitrogen and oxygen atoms in total. The van der Waals surface area contributed by atoms with Crippen LogP contribution in [0.3, 0.4) is 0 Å². The molecule has 4 N–H and O–H groups in total. The predicted octanol–water partition coefficient (Wildman–Crippen LogP) is 4.25. The van der Waals surface area contributed by atoms with Crippen LogP contribution >= 0.6 is 0 Å². The number of carboxylic acid groups (broad SMARTS) is 1. The van der Waals surface area contributed by atoms with Gasteiger partial charge in [-0.05, 0) is 66.1 Å². The summed E-state index contributed by atoms with van der Waals surface area (Å²) in [6.45, 7) is 3.30. The molecule has 2 atom stereocenters. The first-order valence-corrected chi connectivity index (χ1v) is 12.5. The molecule has 0 saturated carbocycles. The molecule has 0 bridgehead atoms. The maximum atomic E-state index is 13.0. The van der Waals surface area contributed by atoms with E-state index in [0.717, 1.165) is 16.3 Å². The number of hydrogen-bond donors (Lipinski definition) is 4. The highest BCUT2D eigenvalue weighted by molar-refractivity contribution is 6.01. The van der Waals surface area contributed by atoms with Crippen LogP contribution in [0.2, 0.25) is 0 Å². The number of benzene rings is 4. The van der Waals surface area contributed by atoms with Crippen molar-refractivity contribution in [2.24, 2.45) is 0 Å². The molecule has 4 rings (SSSR count). The van der Waals surface area contributed by atoms with E-state index < -0.39 is 23.8 Å². The van der Waals surface area contributed by atoms with Gasteiger partial charge in [-0.2, -0.15) is 0 Å². The van der Waals surface area contributed by atoms with Gasteiger partial charge in [-0.25, -0.2) is 4.79 Å². The Morgan fingerprint density at radius 1 is 0.744 bits per heavy atom. The second kappa shape index (κ2) is 12.0. The standard InChI is InChI=1S/C31H29N3O5/c1-19-17-23(29(36)33-20(2)25-14-8-12-21-9-6-7-13-26(21)25)15-16-24(19)30(37)34-27(31(38)39)18-32-28(35)22-10-4-3-5-11-22/h3-17,20,27H,18H2,1-2H3,(H,32,35)(H,33,36)(H,34,37)(H,38,39). The average Bonchev–Trinajstić information content (AvgIpc) is 2.94. The Balaban J connectivity index is 1.41. The number of hydrogen-bond acceptors (Lipinski definition) is 4. The van der Waals surface area contributed by atoms with Gasteiger partial charge < -0.3 is 21.1 Å². The fraction of sp³-hybridized carbons (Fsp3) is 0.161. The molecule has 0 aliphatic heterocycles. The van der Waals surface area contributed by atoms with Crippen LogP contribution in [0.4, 0.5) is 0 Å². The molecule has 8 heteroatoms. The van der Waals surface area contributed by atoms with Crippen LogP contribution in [0.25, 0.3) is 10.8 Å². The zero-order chi connectivity index (χ0) is 27.9. The quantitative estimate of drug-likeness (QED) is 0.261. The first-order chi connectivity index (χ1) is 18.7. The molecule has 4 aromatic rings. The van der Waals surface area contributed by atoms with E-state index >= 15 is 0 Å². The summed E-state index contributed by atoms with van der Waals surface area (Å²) >= 11 is 0. The number of fused-ring (bicyclic) bond motifs is 1. The Morgan fingerprint density at radius 3 is 2.15 bits per heavy atom. The summed E-state index contributed by atoms with van der Waals surface area (Å²) < 4.78 is 0. The van der Waals surface area contributed by atoms with Crippen LogP contribution in [0.15, 0.2) is 91.0 Å². The summed E-state index contributed by atoms with van der Waals surface area (Å²) in [6.07, 6.45) is 0. The number of nitrogens with one attached hydrogen (secondary N) is 3. The van der Waals surface area contributed by atoms with Crippen molar-refractivity contribution in [2.45, 2.75) is 25.9 Å². The highest BCUT2D eigenvalue weighted by Gasteiger charge is 2.23. The molecular formula is C31H29N3O5. The molecule has 0 saturated heterocycles. The number of aliphatic carboxylic acids is 1. The number of carbonyl (C=O) groups excluding carboxylic acids is 3. The largest absolute Gasteiger partial charge is 0.480 e. The van der Waals surface area contributed by atoms with Gasteiger partial charge in [-0.3, -0.25) is 14.4 Å². The lowest BCUT2D eigenvalue weighted by molar-refractivity contribution is -0.139. The summed E-state index contributed by atoms with van der Waals surface area (Å²) in [5.41, 5.74) is 2.49. The molecule has 0 spiro atoms. The first kappa shape index (κ1) is 27.1. The van der Waals surface area contributed by atoms with E-state index in [4.69, 9.17) is 0 Å². The zero-order valence-corrected chi connectivity index (χ0v) is 21.6. The number of carboxylic acids is 1. The van der Waals surface area contributed by atoms with Crippen LogP contribution in [0, 0.1) is 6.92 Å². The van der Waals surface area contributed by atoms with Crippen LogP contribution in [0.5, 0.6) is 0 Å². The molecule has 0 heterocycles. The zero-order valence-electron chi connectivity index (χ0n) is 21.6. The third kappa shape index (κ3) is 6.48. The molecule has 39 heavy (non-hydrogen) atoms. The van der Waals surface area contributed by atoms with Crippen molar-refractivity contribution in [1.82, 2.24) is 16.0 Å². The molecule has 0 aliphatic rings. The SMILES string of the molecule is Cc1cc(C(=O)NC(C)c2cccc3ccccc23)ccc1C(=O)NC(CNC(=O)c1ccccc1)C(=O)O. The Bertz CT molecular complexity index is 1530.